The zero-order valence-electron chi connectivity index (χ0n) is 7.71. The van der Waals surface area contributed by atoms with E-state index in [0.29, 0.717) is 0 Å². The standard InChI is InChI=1S/C12H12S/c1-3-6-11-9(2)10-7-4-5-8-12(10)13-11/h3-5,7-8H,1,6H2,2H3. The Balaban J connectivity index is 2.66. The van der Waals surface area contributed by atoms with Gasteiger partial charge in [-0.1, -0.05) is 24.3 Å². The molecule has 0 saturated heterocycles. The van der Waals surface area contributed by atoms with E-state index in [0.717, 1.165) is 6.42 Å². The minimum atomic E-state index is 0.991. The van der Waals surface area contributed by atoms with Gasteiger partial charge in [0.15, 0.2) is 0 Å². The van der Waals surface area contributed by atoms with Crippen LogP contribution in [0.3, 0.4) is 0 Å². The highest BCUT2D eigenvalue weighted by atomic mass is 32.1. The minimum absolute atomic E-state index is 0.991. The zero-order valence-corrected chi connectivity index (χ0v) is 8.53. The van der Waals surface area contributed by atoms with Crippen molar-refractivity contribution in [3.63, 3.8) is 0 Å². The molecule has 0 unspecified atom stereocenters. The van der Waals surface area contributed by atoms with Crippen LogP contribution in [0.15, 0.2) is 36.9 Å². The topological polar surface area (TPSA) is 0 Å². The second kappa shape index (κ2) is 3.35. The van der Waals surface area contributed by atoms with Crippen molar-refractivity contribution in [3.8, 4) is 0 Å². The summed E-state index contributed by atoms with van der Waals surface area (Å²) in [4.78, 5) is 1.44. The normalized spacial score (nSPS) is 10.5. The highest BCUT2D eigenvalue weighted by Gasteiger charge is 2.05. The Morgan fingerprint density at radius 2 is 2.15 bits per heavy atom. The fourth-order valence-electron chi connectivity index (χ4n) is 1.55. The first-order chi connectivity index (χ1) is 6.33. The third-order valence-corrected chi connectivity index (χ3v) is 3.57. The summed E-state index contributed by atoms with van der Waals surface area (Å²) in [5.74, 6) is 0. The smallest absolute Gasteiger partial charge is 0.0348 e. The number of fused-ring (bicyclic) bond motifs is 1. The van der Waals surface area contributed by atoms with E-state index < -0.39 is 0 Å². The van der Waals surface area contributed by atoms with Gasteiger partial charge in [0, 0.05) is 9.58 Å². The average molecular weight is 188 g/mol. The van der Waals surface area contributed by atoms with Crippen molar-refractivity contribution >= 4 is 21.4 Å². The molecule has 2 aromatic rings. The van der Waals surface area contributed by atoms with Crippen LogP contribution >= 0.6 is 11.3 Å². The Labute approximate surface area is 82.5 Å². The van der Waals surface area contributed by atoms with Crippen LogP contribution in [0.4, 0.5) is 0 Å². The van der Waals surface area contributed by atoms with Crippen LogP contribution < -0.4 is 0 Å². The summed E-state index contributed by atoms with van der Waals surface area (Å²) in [5, 5.41) is 1.39. The summed E-state index contributed by atoms with van der Waals surface area (Å²) in [6.45, 7) is 5.97. The van der Waals surface area contributed by atoms with E-state index in [1.807, 2.05) is 17.4 Å². The Hall–Kier alpha value is -1.08. The van der Waals surface area contributed by atoms with Gasteiger partial charge in [-0.2, -0.15) is 0 Å². The molecule has 0 spiro atoms. The van der Waals surface area contributed by atoms with Gasteiger partial charge >= 0.3 is 0 Å². The molecule has 2 rings (SSSR count). The molecule has 0 N–H and O–H groups in total. The Kier molecular flexibility index (Phi) is 2.19. The van der Waals surface area contributed by atoms with Crippen molar-refractivity contribution in [3.05, 3.63) is 47.4 Å². The Morgan fingerprint density at radius 1 is 1.38 bits per heavy atom. The molecule has 13 heavy (non-hydrogen) atoms. The molecule has 1 heteroatoms. The number of benzene rings is 1. The quantitative estimate of drug-likeness (QED) is 0.626. The molecule has 0 amide bonds. The highest BCUT2D eigenvalue weighted by Crippen LogP contribution is 2.30. The lowest BCUT2D eigenvalue weighted by Crippen LogP contribution is -1.76. The van der Waals surface area contributed by atoms with Crippen LogP contribution in [-0.2, 0) is 6.42 Å². The van der Waals surface area contributed by atoms with E-state index in [9.17, 15) is 0 Å². The summed E-state index contributed by atoms with van der Waals surface area (Å²) < 4.78 is 1.39. The van der Waals surface area contributed by atoms with Crippen LogP contribution in [0.25, 0.3) is 10.1 Å². The molecule has 0 saturated carbocycles. The maximum absolute atomic E-state index is 3.77. The lowest BCUT2D eigenvalue weighted by Gasteiger charge is -1.92. The SMILES string of the molecule is C=CCc1sc2ccccc2c1C. The molecular formula is C12H12S. The van der Waals surface area contributed by atoms with Crippen LogP contribution in [0.2, 0.25) is 0 Å². The van der Waals surface area contributed by atoms with Crippen molar-refractivity contribution < 1.29 is 0 Å². The van der Waals surface area contributed by atoms with Gasteiger partial charge in [-0.15, -0.1) is 17.9 Å². The van der Waals surface area contributed by atoms with E-state index in [4.69, 9.17) is 0 Å². The van der Waals surface area contributed by atoms with E-state index in [-0.39, 0.29) is 0 Å². The predicted octanol–water partition coefficient (Wildman–Crippen LogP) is 3.94. The van der Waals surface area contributed by atoms with Crippen LogP contribution in [-0.4, -0.2) is 0 Å². The van der Waals surface area contributed by atoms with Gasteiger partial charge in [0.2, 0.25) is 0 Å². The minimum Gasteiger partial charge on any atom is -0.140 e. The highest BCUT2D eigenvalue weighted by molar-refractivity contribution is 7.19. The monoisotopic (exact) mass is 188 g/mol. The molecule has 66 valence electrons. The fraction of sp³-hybridized carbons (Fsp3) is 0.167. The number of allylic oxidation sites excluding steroid dienone is 1. The summed E-state index contributed by atoms with van der Waals surface area (Å²) in [6.07, 6.45) is 2.96. The van der Waals surface area contributed by atoms with Gasteiger partial charge in [-0.3, -0.25) is 0 Å². The molecule has 0 aliphatic heterocycles. The summed E-state index contributed by atoms with van der Waals surface area (Å²) >= 11 is 1.88. The maximum atomic E-state index is 3.77. The van der Waals surface area contributed by atoms with Gasteiger partial charge in [-0.25, -0.2) is 0 Å². The molecule has 1 aromatic heterocycles. The molecule has 0 fully saturated rings. The lowest BCUT2D eigenvalue weighted by molar-refractivity contribution is 1.30. The molecule has 0 nitrogen and oxygen atoms in total. The predicted molar refractivity (Wildman–Crippen MR) is 60.5 cm³/mol. The molecule has 0 aliphatic rings. The first kappa shape index (κ1) is 8.52. The third-order valence-electron chi connectivity index (χ3n) is 2.27. The first-order valence-electron chi connectivity index (χ1n) is 4.41. The maximum Gasteiger partial charge on any atom is 0.0348 e. The number of thiophene rings is 1. The second-order valence-electron chi connectivity index (χ2n) is 3.14. The van der Waals surface area contributed by atoms with Crippen molar-refractivity contribution in [2.24, 2.45) is 0 Å². The van der Waals surface area contributed by atoms with Crippen molar-refractivity contribution in [2.45, 2.75) is 13.3 Å². The Morgan fingerprint density at radius 3 is 2.85 bits per heavy atom. The molecule has 1 aromatic carbocycles. The zero-order chi connectivity index (χ0) is 9.26. The van der Waals surface area contributed by atoms with Gasteiger partial charge in [0.25, 0.3) is 0 Å². The van der Waals surface area contributed by atoms with Crippen molar-refractivity contribution in [1.82, 2.24) is 0 Å². The second-order valence-corrected chi connectivity index (χ2v) is 4.28. The number of rotatable bonds is 2. The van der Waals surface area contributed by atoms with Crippen LogP contribution in [0.1, 0.15) is 10.4 Å². The van der Waals surface area contributed by atoms with E-state index >= 15 is 0 Å². The molecular weight excluding hydrogens is 176 g/mol. The molecule has 0 bridgehead atoms. The largest absolute Gasteiger partial charge is 0.140 e. The molecule has 0 atom stereocenters. The van der Waals surface area contributed by atoms with E-state index in [1.165, 1.54) is 20.5 Å². The van der Waals surface area contributed by atoms with E-state index in [2.05, 4.69) is 37.8 Å². The lowest BCUT2D eigenvalue weighted by atomic mass is 10.1. The molecule has 1 heterocycles. The molecule has 0 aliphatic carbocycles. The van der Waals surface area contributed by atoms with Gasteiger partial charge in [0.05, 0.1) is 0 Å². The Bertz CT molecular complexity index is 437. The summed E-state index contributed by atoms with van der Waals surface area (Å²) in [5.41, 5.74) is 1.42. The fourth-order valence-corrected chi connectivity index (χ4v) is 2.76. The number of hydrogen-bond donors (Lipinski definition) is 0. The van der Waals surface area contributed by atoms with E-state index in [1.54, 1.807) is 0 Å². The van der Waals surface area contributed by atoms with Crippen molar-refractivity contribution in [1.29, 1.82) is 0 Å². The third kappa shape index (κ3) is 1.40. The summed E-state index contributed by atoms with van der Waals surface area (Å²) in [7, 11) is 0. The number of aryl methyl sites for hydroxylation is 1. The van der Waals surface area contributed by atoms with Gasteiger partial charge in [-0.05, 0) is 30.4 Å². The summed E-state index contributed by atoms with van der Waals surface area (Å²) in [6, 6.07) is 8.56. The number of hydrogen-bond acceptors (Lipinski definition) is 1. The van der Waals surface area contributed by atoms with Gasteiger partial charge in [0.1, 0.15) is 0 Å². The van der Waals surface area contributed by atoms with Crippen LogP contribution in [0.5, 0.6) is 0 Å². The molecule has 0 radical (unpaired) electrons. The van der Waals surface area contributed by atoms with Gasteiger partial charge < -0.3 is 0 Å². The van der Waals surface area contributed by atoms with Crippen LogP contribution in [0, 0.1) is 6.92 Å². The average Bonchev–Trinajstić information content (AvgIpc) is 2.46. The first-order valence-corrected chi connectivity index (χ1v) is 5.22. The van der Waals surface area contributed by atoms with Crippen molar-refractivity contribution in [2.75, 3.05) is 0 Å².